The molecule has 0 amide bonds. The van der Waals surface area contributed by atoms with E-state index in [1.807, 2.05) is 0 Å². The highest BCUT2D eigenvalue weighted by atomic mass is 35.5. The summed E-state index contributed by atoms with van der Waals surface area (Å²) in [7, 11) is 0. The van der Waals surface area contributed by atoms with Crippen molar-refractivity contribution in [2.24, 2.45) is 5.73 Å². The highest BCUT2D eigenvalue weighted by Gasteiger charge is 2.14. The molecule has 17 heavy (non-hydrogen) atoms. The van der Waals surface area contributed by atoms with Crippen molar-refractivity contribution in [1.82, 2.24) is 19.7 Å². The Bertz CT molecular complexity index is 588. The van der Waals surface area contributed by atoms with Crippen LogP contribution in [0.2, 0.25) is 5.02 Å². The molecule has 3 N–H and O–H groups in total. The lowest BCUT2D eigenvalue weighted by molar-refractivity contribution is 0.803. The van der Waals surface area contributed by atoms with Gasteiger partial charge in [0.2, 0.25) is 0 Å². The predicted octanol–water partition coefficient (Wildman–Crippen LogP) is 1.22. The van der Waals surface area contributed by atoms with E-state index in [1.54, 1.807) is 19.9 Å². The van der Waals surface area contributed by atoms with Crippen LogP contribution in [0.15, 0.2) is 12.3 Å². The normalized spacial score (nSPS) is 10.5. The van der Waals surface area contributed by atoms with Gasteiger partial charge >= 0.3 is 0 Å². The molecule has 0 fully saturated rings. The van der Waals surface area contributed by atoms with Gasteiger partial charge in [0.25, 0.3) is 0 Å². The summed E-state index contributed by atoms with van der Waals surface area (Å²) >= 11 is 6.15. The Kier molecular flexibility index (Phi) is 2.81. The van der Waals surface area contributed by atoms with Gasteiger partial charge in [-0.2, -0.15) is 4.68 Å². The van der Waals surface area contributed by atoms with Crippen molar-refractivity contribution in [1.29, 1.82) is 5.41 Å². The molecule has 88 valence electrons. The molecule has 0 aliphatic rings. The fraction of sp³-hybridized carbons (Fsp3) is 0.200. The molecule has 2 heterocycles. The van der Waals surface area contributed by atoms with E-state index in [-0.39, 0.29) is 5.84 Å². The Labute approximate surface area is 103 Å². The minimum atomic E-state index is -0.104. The number of nitrogen functional groups attached to an aromatic ring is 1. The maximum Gasteiger partial charge on any atom is 0.175 e. The molecule has 0 bridgehead atoms. The van der Waals surface area contributed by atoms with Gasteiger partial charge < -0.3 is 5.73 Å². The molecule has 0 aliphatic heterocycles. The second-order valence-electron chi connectivity index (χ2n) is 3.53. The number of aromatic nitrogens is 4. The fourth-order valence-electron chi connectivity index (χ4n) is 1.51. The van der Waals surface area contributed by atoms with Crippen LogP contribution in [0.5, 0.6) is 0 Å². The first-order chi connectivity index (χ1) is 8.00. The zero-order valence-electron chi connectivity index (χ0n) is 9.40. The molecule has 2 aromatic heterocycles. The minimum absolute atomic E-state index is 0.104. The van der Waals surface area contributed by atoms with Crippen LogP contribution in [0, 0.1) is 19.3 Å². The number of halogens is 1. The number of nitrogens with two attached hydrogens (primary N) is 1. The Morgan fingerprint density at radius 1 is 1.47 bits per heavy atom. The fourth-order valence-corrected chi connectivity index (χ4v) is 1.80. The predicted molar refractivity (Wildman–Crippen MR) is 64.7 cm³/mol. The summed E-state index contributed by atoms with van der Waals surface area (Å²) in [6.07, 6.45) is 1.54. The topological polar surface area (TPSA) is 93.5 Å². The average Bonchev–Trinajstić information content (AvgIpc) is 2.57. The van der Waals surface area contributed by atoms with Gasteiger partial charge in [-0.05, 0) is 19.9 Å². The van der Waals surface area contributed by atoms with E-state index >= 15 is 0 Å². The van der Waals surface area contributed by atoms with Crippen molar-refractivity contribution in [3.8, 4) is 5.82 Å². The Morgan fingerprint density at radius 3 is 2.71 bits per heavy atom. The van der Waals surface area contributed by atoms with E-state index in [9.17, 15) is 0 Å². The Hall–Kier alpha value is -1.95. The number of hydrogen-bond donors (Lipinski definition) is 2. The second-order valence-corrected chi connectivity index (χ2v) is 3.91. The second kappa shape index (κ2) is 4.14. The summed E-state index contributed by atoms with van der Waals surface area (Å²) in [5, 5.41) is 11.9. The lowest BCUT2D eigenvalue weighted by atomic mass is 10.2. The van der Waals surface area contributed by atoms with Crippen LogP contribution in [0.25, 0.3) is 5.82 Å². The first-order valence-electron chi connectivity index (χ1n) is 4.90. The lowest BCUT2D eigenvalue weighted by Gasteiger charge is -2.07. The molecule has 0 saturated heterocycles. The molecule has 0 atom stereocenters. The van der Waals surface area contributed by atoms with Crippen LogP contribution < -0.4 is 5.73 Å². The van der Waals surface area contributed by atoms with Crippen molar-refractivity contribution in [3.63, 3.8) is 0 Å². The third-order valence-electron chi connectivity index (χ3n) is 2.24. The van der Waals surface area contributed by atoms with E-state index in [0.717, 1.165) is 0 Å². The van der Waals surface area contributed by atoms with Gasteiger partial charge in [0, 0.05) is 11.8 Å². The van der Waals surface area contributed by atoms with Crippen molar-refractivity contribution >= 4 is 17.4 Å². The molecule has 0 radical (unpaired) electrons. The van der Waals surface area contributed by atoms with Gasteiger partial charge in [0.1, 0.15) is 17.5 Å². The van der Waals surface area contributed by atoms with Gasteiger partial charge in [0.05, 0.1) is 5.02 Å². The first kappa shape index (κ1) is 11.5. The van der Waals surface area contributed by atoms with Crippen molar-refractivity contribution in [2.45, 2.75) is 13.8 Å². The van der Waals surface area contributed by atoms with Crippen molar-refractivity contribution in [3.05, 3.63) is 34.5 Å². The lowest BCUT2D eigenvalue weighted by Crippen LogP contribution is -2.14. The van der Waals surface area contributed by atoms with Crippen LogP contribution in [0.1, 0.15) is 17.2 Å². The third-order valence-corrected chi connectivity index (χ3v) is 2.61. The first-order valence-corrected chi connectivity index (χ1v) is 5.28. The van der Waals surface area contributed by atoms with Gasteiger partial charge in [0.15, 0.2) is 5.82 Å². The van der Waals surface area contributed by atoms with E-state index < -0.39 is 0 Å². The Balaban J connectivity index is 2.64. The highest BCUT2D eigenvalue weighted by Crippen LogP contribution is 2.22. The maximum absolute atomic E-state index is 7.41. The summed E-state index contributed by atoms with van der Waals surface area (Å²) in [5.74, 6) is 1.64. The van der Waals surface area contributed by atoms with Crippen LogP contribution in [-0.2, 0) is 0 Å². The molecule has 6 nitrogen and oxygen atoms in total. The number of hydrogen-bond acceptors (Lipinski definition) is 4. The molecule has 0 spiro atoms. The monoisotopic (exact) mass is 250 g/mol. The zero-order chi connectivity index (χ0) is 12.6. The van der Waals surface area contributed by atoms with E-state index in [2.05, 4.69) is 15.1 Å². The summed E-state index contributed by atoms with van der Waals surface area (Å²) in [6.45, 7) is 3.59. The van der Waals surface area contributed by atoms with Gasteiger partial charge in [-0.25, -0.2) is 9.97 Å². The van der Waals surface area contributed by atoms with Crippen LogP contribution >= 0.6 is 11.6 Å². The van der Waals surface area contributed by atoms with Crippen LogP contribution in [-0.4, -0.2) is 25.6 Å². The number of rotatable bonds is 2. The smallest absolute Gasteiger partial charge is 0.175 e. The minimum Gasteiger partial charge on any atom is -0.384 e. The molecular formula is C10H11ClN6. The number of nitrogens with one attached hydrogen (secondary N) is 1. The average molecular weight is 251 g/mol. The summed E-state index contributed by atoms with van der Waals surface area (Å²) in [6, 6.07) is 1.59. The maximum atomic E-state index is 7.41. The summed E-state index contributed by atoms with van der Waals surface area (Å²) in [5.41, 5.74) is 5.87. The Morgan fingerprint density at radius 2 is 2.18 bits per heavy atom. The van der Waals surface area contributed by atoms with Crippen LogP contribution in [0.3, 0.4) is 0 Å². The molecular weight excluding hydrogens is 240 g/mol. The van der Waals surface area contributed by atoms with Crippen LogP contribution in [0.4, 0.5) is 0 Å². The van der Waals surface area contributed by atoms with E-state index in [1.165, 1.54) is 10.9 Å². The highest BCUT2D eigenvalue weighted by molar-refractivity contribution is 6.35. The third kappa shape index (κ3) is 1.99. The molecule has 7 heteroatoms. The summed E-state index contributed by atoms with van der Waals surface area (Å²) < 4.78 is 1.53. The van der Waals surface area contributed by atoms with Gasteiger partial charge in [-0.1, -0.05) is 11.6 Å². The van der Waals surface area contributed by atoms with Crippen molar-refractivity contribution in [2.75, 3.05) is 0 Å². The van der Waals surface area contributed by atoms with Gasteiger partial charge in [-0.3, -0.25) is 5.41 Å². The number of pyridine rings is 1. The number of nitrogens with zero attached hydrogens (tertiary/aromatic N) is 4. The summed E-state index contributed by atoms with van der Waals surface area (Å²) in [4.78, 5) is 8.31. The SMILES string of the molecule is Cc1nc(C)n(-c2nccc(C(=N)N)c2Cl)n1. The quantitative estimate of drug-likeness (QED) is 0.619. The molecule has 0 aromatic carbocycles. The molecule has 0 aliphatic carbocycles. The van der Waals surface area contributed by atoms with Gasteiger partial charge in [-0.15, -0.1) is 5.10 Å². The number of amidine groups is 1. The van der Waals surface area contributed by atoms with E-state index in [0.29, 0.717) is 28.1 Å². The zero-order valence-corrected chi connectivity index (χ0v) is 10.2. The largest absolute Gasteiger partial charge is 0.384 e. The molecule has 2 aromatic rings. The number of aryl methyl sites for hydroxylation is 2. The molecule has 0 saturated carbocycles. The molecule has 2 rings (SSSR count). The standard InChI is InChI=1S/C10H11ClN6/c1-5-15-6(2)17(16-5)10-8(11)7(9(12)13)3-4-14-10/h3-4H,1-2H3,(H3,12,13). The van der Waals surface area contributed by atoms with Crippen molar-refractivity contribution < 1.29 is 0 Å². The van der Waals surface area contributed by atoms with E-state index in [4.69, 9.17) is 22.7 Å². The molecule has 0 unspecified atom stereocenters.